The lowest BCUT2D eigenvalue weighted by atomic mass is 9.69. The molecule has 0 radical (unpaired) electrons. The number of hydrogen-bond donors (Lipinski definition) is 2. The number of aromatic amines is 1. The third-order valence-electron chi connectivity index (χ3n) is 8.36. The minimum atomic E-state index is -0.799. The molecular weight excluding hydrogens is 426 g/mol. The van der Waals surface area contributed by atoms with E-state index in [4.69, 9.17) is 4.74 Å². The van der Waals surface area contributed by atoms with Crippen molar-refractivity contribution in [3.05, 3.63) is 60.0 Å². The molecule has 2 aliphatic carbocycles. The van der Waals surface area contributed by atoms with E-state index in [9.17, 15) is 14.7 Å². The third kappa shape index (κ3) is 5.14. The first-order valence-electron chi connectivity index (χ1n) is 13.0. The number of rotatable bonds is 8. The molecule has 8 atom stereocenters. The van der Waals surface area contributed by atoms with Crippen LogP contribution in [0.15, 0.2) is 54.3 Å². The van der Waals surface area contributed by atoms with Gasteiger partial charge in [0.2, 0.25) is 0 Å². The maximum absolute atomic E-state index is 13.4. The molecule has 0 amide bonds. The van der Waals surface area contributed by atoms with Gasteiger partial charge in [0, 0.05) is 18.0 Å². The number of ketones is 1. The molecule has 2 N–H and O–H groups in total. The summed E-state index contributed by atoms with van der Waals surface area (Å²) < 4.78 is 6.33. The van der Waals surface area contributed by atoms with Crippen molar-refractivity contribution in [3.63, 3.8) is 0 Å². The van der Waals surface area contributed by atoms with Gasteiger partial charge in [-0.25, -0.2) is 0 Å². The normalized spacial score (nSPS) is 34.8. The number of H-pyrrole nitrogens is 1. The van der Waals surface area contributed by atoms with E-state index < -0.39 is 11.9 Å². The number of hydrogen-bond acceptors (Lipinski definition) is 3. The van der Waals surface area contributed by atoms with Gasteiger partial charge in [-0.2, -0.15) is 0 Å². The molecule has 1 aromatic rings. The summed E-state index contributed by atoms with van der Waals surface area (Å²) in [6, 6.07) is 3.78. The molecule has 2 fully saturated rings. The smallest absolute Gasteiger partial charge is 0.308 e. The number of aliphatic carboxylic acids is 1. The van der Waals surface area contributed by atoms with Gasteiger partial charge in [0.05, 0.1) is 23.8 Å². The van der Waals surface area contributed by atoms with E-state index in [1.54, 1.807) is 6.92 Å². The molecule has 1 saturated heterocycles. The van der Waals surface area contributed by atoms with E-state index in [2.05, 4.69) is 49.2 Å². The lowest BCUT2D eigenvalue weighted by Crippen LogP contribution is -2.40. The van der Waals surface area contributed by atoms with Gasteiger partial charge in [-0.05, 0) is 74.5 Å². The maximum atomic E-state index is 13.4. The fraction of sp³-hybridized carbons (Fsp3) is 0.586. The molecule has 1 aromatic heterocycles. The van der Waals surface area contributed by atoms with E-state index in [1.807, 2.05) is 18.3 Å². The molecule has 1 aliphatic heterocycles. The predicted molar refractivity (Wildman–Crippen MR) is 133 cm³/mol. The number of carbonyl (C=O) groups excluding carboxylic acids is 1. The lowest BCUT2D eigenvalue weighted by Gasteiger charge is -2.37. The van der Waals surface area contributed by atoms with Crippen molar-refractivity contribution in [2.75, 3.05) is 0 Å². The Morgan fingerprint density at radius 1 is 1.24 bits per heavy atom. The van der Waals surface area contributed by atoms with Crippen LogP contribution in [0.4, 0.5) is 0 Å². The van der Waals surface area contributed by atoms with Gasteiger partial charge in [0.1, 0.15) is 0 Å². The van der Waals surface area contributed by atoms with Crippen LogP contribution < -0.4 is 0 Å². The number of carbonyl (C=O) groups is 2. The van der Waals surface area contributed by atoms with Crippen molar-refractivity contribution in [1.82, 2.24) is 4.98 Å². The molecule has 34 heavy (non-hydrogen) atoms. The van der Waals surface area contributed by atoms with Gasteiger partial charge in [-0.1, -0.05) is 50.6 Å². The summed E-state index contributed by atoms with van der Waals surface area (Å²) in [5.74, 6) is 0.237. The second kappa shape index (κ2) is 10.9. The van der Waals surface area contributed by atoms with Crippen LogP contribution in [0.1, 0.15) is 69.8 Å². The Labute approximate surface area is 203 Å². The second-order valence-electron chi connectivity index (χ2n) is 10.5. The quantitative estimate of drug-likeness (QED) is 0.272. The molecule has 2 heterocycles. The van der Waals surface area contributed by atoms with Crippen LogP contribution in [-0.2, 0) is 9.53 Å². The minimum Gasteiger partial charge on any atom is -0.481 e. The number of ether oxygens (including phenoxy) is 1. The van der Waals surface area contributed by atoms with Gasteiger partial charge < -0.3 is 14.8 Å². The van der Waals surface area contributed by atoms with E-state index in [0.717, 1.165) is 25.7 Å². The standard InChI is InChI=1S/C29H39NO4/c1-4-20(28-18(2)13-16-25(34-28)19(3)29(32)33)8-5-10-22-15-14-21-9-6-11-23(21)26(22)27(31)24-12-7-17-30-24/h5,7-8,10,12,14-15,17-19,21-23,25-26,28,30H,4,6,9,11,13,16H2,1-3H3,(H,32,33)/b10-5+,20-8+/t18-,19+,21+,22-,23+,25+,26-,28-/m1/s1. The number of allylic oxidation sites excluding steroid dienone is 5. The molecule has 0 spiro atoms. The molecule has 184 valence electrons. The van der Waals surface area contributed by atoms with Crippen molar-refractivity contribution in [3.8, 4) is 0 Å². The summed E-state index contributed by atoms with van der Waals surface area (Å²) in [5, 5.41) is 9.43. The topological polar surface area (TPSA) is 79.4 Å². The van der Waals surface area contributed by atoms with Crippen molar-refractivity contribution < 1.29 is 19.4 Å². The summed E-state index contributed by atoms with van der Waals surface area (Å²) in [6.45, 7) is 6.05. The monoisotopic (exact) mass is 465 g/mol. The molecule has 0 aromatic carbocycles. The number of aromatic nitrogens is 1. The predicted octanol–water partition coefficient (Wildman–Crippen LogP) is 6.21. The summed E-state index contributed by atoms with van der Waals surface area (Å²) in [4.78, 5) is 28.0. The van der Waals surface area contributed by atoms with Gasteiger partial charge in [-0.3, -0.25) is 9.59 Å². The van der Waals surface area contributed by atoms with Crippen LogP contribution in [-0.4, -0.2) is 34.1 Å². The van der Waals surface area contributed by atoms with Crippen LogP contribution in [0.5, 0.6) is 0 Å². The zero-order valence-corrected chi connectivity index (χ0v) is 20.7. The SMILES string of the molecule is CC/C(=C\C=C\[C@@H]1C=C[C@@H]2CCC[C@@H]2[C@@H]1C(=O)c1ccc[nH]1)[C@@H]1O[C@H]([C@H](C)C(=O)O)CC[C@H]1C. The Bertz CT molecular complexity index is 943. The first kappa shape index (κ1) is 24.7. The summed E-state index contributed by atoms with van der Waals surface area (Å²) in [7, 11) is 0. The largest absolute Gasteiger partial charge is 0.481 e. The number of Topliss-reactive ketones (excluding diaryl/α,β-unsaturated/α-hetero) is 1. The summed E-state index contributed by atoms with van der Waals surface area (Å²) in [6.07, 6.45) is 18.6. The second-order valence-corrected chi connectivity index (χ2v) is 10.5. The van der Waals surface area contributed by atoms with Crippen LogP contribution in [0.2, 0.25) is 0 Å². The third-order valence-corrected chi connectivity index (χ3v) is 8.36. The average molecular weight is 466 g/mol. The molecule has 5 heteroatoms. The molecular formula is C29H39NO4. The fourth-order valence-corrected chi connectivity index (χ4v) is 6.26. The zero-order valence-electron chi connectivity index (χ0n) is 20.7. The molecule has 1 saturated carbocycles. The van der Waals surface area contributed by atoms with E-state index in [1.165, 1.54) is 18.4 Å². The highest BCUT2D eigenvalue weighted by molar-refractivity contribution is 5.97. The Kier molecular flexibility index (Phi) is 7.92. The molecule has 5 nitrogen and oxygen atoms in total. The van der Waals surface area contributed by atoms with Crippen molar-refractivity contribution in [2.24, 2.45) is 35.5 Å². The Hall–Kier alpha value is -2.40. The number of carboxylic acid groups (broad SMARTS) is 1. The number of nitrogens with one attached hydrogen (secondary N) is 1. The maximum Gasteiger partial charge on any atom is 0.308 e. The highest BCUT2D eigenvalue weighted by Crippen LogP contribution is 2.46. The lowest BCUT2D eigenvalue weighted by molar-refractivity contribution is -0.152. The van der Waals surface area contributed by atoms with E-state index >= 15 is 0 Å². The summed E-state index contributed by atoms with van der Waals surface area (Å²) >= 11 is 0. The molecule has 4 rings (SSSR count). The van der Waals surface area contributed by atoms with Crippen LogP contribution in [0, 0.1) is 35.5 Å². The van der Waals surface area contributed by atoms with Crippen LogP contribution in [0.3, 0.4) is 0 Å². The molecule has 0 unspecified atom stereocenters. The Morgan fingerprint density at radius 3 is 2.76 bits per heavy atom. The van der Waals surface area contributed by atoms with E-state index in [0.29, 0.717) is 23.4 Å². The molecule has 3 aliphatic rings. The summed E-state index contributed by atoms with van der Waals surface area (Å²) in [5.41, 5.74) is 1.90. The Balaban J connectivity index is 1.53. The van der Waals surface area contributed by atoms with Crippen molar-refractivity contribution >= 4 is 11.8 Å². The zero-order chi connectivity index (χ0) is 24.2. The fourth-order valence-electron chi connectivity index (χ4n) is 6.26. The van der Waals surface area contributed by atoms with Crippen LogP contribution in [0.25, 0.3) is 0 Å². The van der Waals surface area contributed by atoms with Gasteiger partial charge in [0.25, 0.3) is 0 Å². The van der Waals surface area contributed by atoms with Gasteiger partial charge in [-0.15, -0.1) is 0 Å². The first-order valence-corrected chi connectivity index (χ1v) is 13.0. The van der Waals surface area contributed by atoms with E-state index in [-0.39, 0.29) is 29.8 Å². The van der Waals surface area contributed by atoms with Crippen molar-refractivity contribution in [1.29, 1.82) is 0 Å². The van der Waals surface area contributed by atoms with Crippen molar-refractivity contribution in [2.45, 2.75) is 71.5 Å². The van der Waals surface area contributed by atoms with Crippen LogP contribution >= 0.6 is 0 Å². The molecule has 0 bridgehead atoms. The van der Waals surface area contributed by atoms with Gasteiger partial charge >= 0.3 is 5.97 Å². The average Bonchev–Trinajstić information content (AvgIpc) is 3.53. The number of fused-ring (bicyclic) bond motifs is 1. The highest BCUT2D eigenvalue weighted by Gasteiger charge is 2.42. The minimum absolute atomic E-state index is 0.0310. The highest BCUT2D eigenvalue weighted by atomic mass is 16.5. The first-order chi connectivity index (χ1) is 16.4. The Morgan fingerprint density at radius 2 is 2.06 bits per heavy atom. The van der Waals surface area contributed by atoms with Gasteiger partial charge in [0.15, 0.2) is 5.78 Å². The number of carboxylic acids is 1.